The molecule has 0 spiro atoms. The van der Waals surface area contributed by atoms with Crippen LogP contribution in [0, 0.1) is 5.92 Å². The van der Waals surface area contributed by atoms with Crippen molar-refractivity contribution in [2.24, 2.45) is 11.7 Å². The summed E-state index contributed by atoms with van der Waals surface area (Å²) in [4.78, 5) is 0. The van der Waals surface area contributed by atoms with Gasteiger partial charge in [-0.3, -0.25) is 0 Å². The van der Waals surface area contributed by atoms with Crippen molar-refractivity contribution in [2.75, 3.05) is 6.54 Å². The molecule has 88 valence electrons. The molecule has 1 aliphatic carbocycles. The summed E-state index contributed by atoms with van der Waals surface area (Å²) in [6.07, 6.45) is 1.35. The van der Waals surface area contributed by atoms with E-state index in [0.29, 0.717) is 11.8 Å². The molecule has 0 aliphatic heterocycles. The van der Waals surface area contributed by atoms with Gasteiger partial charge in [-0.15, -0.1) is 0 Å². The Morgan fingerprint density at radius 2 is 2.25 bits per heavy atom. The van der Waals surface area contributed by atoms with Gasteiger partial charge in [0.1, 0.15) is 5.75 Å². The third-order valence-corrected chi connectivity index (χ3v) is 3.19. The minimum Gasteiger partial charge on any atom is -0.491 e. The molecular formula is C13H18ClNO. The molecule has 16 heavy (non-hydrogen) atoms. The zero-order chi connectivity index (χ0) is 11.7. The molecule has 0 aromatic heterocycles. The van der Waals surface area contributed by atoms with Crippen LogP contribution in [-0.4, -0.2) is 12.6 Å². The normalized spacial score (nSPS) is 23.6. The van der Waals surface area contributed by atoms with Gasteiger partial charge in [-0.1, -0.05) is 11.6 Å². The maximum Gasteiger partial charge on any atom is 0.123 e. The zero-order valence-electron chi connectivity index (χ0n) is 9.74. The van der Waals surface area contributed by atoms with Crippen molar-refractivity contribution in [1.29, 1.82) is 0 Å². The number of rotatable bonds is 4. The molecule has 2 nitrogen and oxygen atoms in total. The molecule has 1 aromatic carbocycles. The second-order valence-electron chi connectivity index (χ2n) is 4.69. The van der Waals surface area contributed by atoms with Crippen LogP contribution in [0.2, 0.25) is 5.02 Å². The van der Waals surface area contributed by atoms with Crippen molar-refractivity contribution in [3.8, 4) is 5.75 Å². The predicted molar refractivity (Wildman–Crippen MR) is 67.1 cm³/mol. The van der Waals surface area contributed by atoms with E-state index in [9.17, 15) is 0 Å². The maximum atomic E-state index is 6.03. The van der Waals surface area contributed by atoms with Gasteiger partial charge in [0.2, 0.25) is 0 Å². The molecule has 1 aliphatic rings. The summed E-state index contributed by atoms with van der Waals surface area (Å²) in [5.41, 5.74) is 6.90. The Bertz CT molecular complexity index is 378. The third-order valence-electron chi connectivity index (χ3n) is 2.96. The first-order valence-electron chi connectivity index (χ1n) is 5.78. The summed E-state index contributed by atoms with van der Waals surface area (Å²) in [5, 5.41) is 0.772. The van der Waals surface area contributed by atoms with Crippen LogP contribution in [0.25, 0.3) is 0 Å². The van der Waals surface area contributed by atoms with Gasteiger partial charge in [-0.2, -0.15) is 0 Å². The van der Waals surface area contributed by atoms with Gasteiger partial charge in [0.25, 0.3) is 0 Å². The third kappa shape index (κ3) is 2.50. The lowest BCUT2D eigenvalue weighted by molar-refractivity contribution is 0.240. The van der Waals surface area contributed by atoms with E-state index in [4.69, 9.17) is 22.1 Å². The molecule has 1 saturated carbocycles. The molecular weight excluding hydrogens is 222 g/mol. The quantitative estimate of drug-likeness (QED) is 0.876. The average molecular weight is 240 g/mol. The molecule has 2 N–H and O–H groups in total. The van der Waals surface area contributed by atoms with E-state index in [2.05, 4.69) is 0 Å². The van der Waals surface area contributed by atoms with Crippen molar-refractivity contribution in [3.05, 3.63) is 28.8 Å². The Labute approximate surface area is 102 Å². The van der Waals surface area contributed by atoms with Crippen LogP contribution in [0.1, 0.15) is 31.7 Å². The second kappa shape index (κ2) is 4.64. The van der Waals surface area contributed by atoms with E-state index < -0.39 is 0 Å². The summed E-state index contributed by atoms with van der Waals surface area (Å²) in [5.74, 6) is 2.10. The number of hydrogen-bond acceptors (Lipinski definition) is 2. The molecule has 0 saturated heterocycles. The summed E-state index contributed by atoms with van der Waals surface area (Å²) >= 11 is 6.03. The van der Waals surface area contributed by atoms with Crippen molar-refractivity contribution < 1.29 is 4.74 Å². The predicted octanol–water partition coefficient (Wildman–Crippen LogP) is 3.19. The number of nitrogens with two attached hydrogens (primary N) is 1. The second-order valence-corrected chi connectivity index (χ2v) is 5.12. The fourth-order valence-corrected chi connectivity index (χ4v) is 2.24. The Hall–Kier alpha value is -0.730. The van der Waals surface area contributed by atoms with Gasteiger partial charge in [0, 0.05) is 5.02 Å². The van der Waals surface area contributed by atoms with Crippen LogP contribution in [0.4, 0.5) is 0 Å². The standard InChI is InChI=1S/C13H18ClNO/c1-8(2)16-13-4-3-10(14)6-12(13)11-5-9(11)7-15/h3-4,6,8-9,11H,5,7,15H2,1-2H3/t9-,11+/m0/s1. The van der Waals surface area contributed by atoms with E-state index in [0.717, 1.165) is 23.7 Å². The van der Waals surface area contributed by atoms with Crippen LogP contribution in [-0.2, 0) is 0 Å². The van der Waals surface area contributed by atoms with Crippen LogP contribution in [0.3, 0.4) is 0 Å². The van der Waals surface area contributed by atoms with E-state index in [1.807, 2.05) is 32.0 Å². The number of benzene rings is 1. The Balaban J connectivity index is 2.23. The molecule has 0 amide bonds. The van der Waals surface area contributed by atoms with E-state index in [1.54, 1.807) is 0 Å². The molecule has 3 heteroatoms. The smallest absolute Gasteiger partial charge is 0.123 e. The fourth-order valence-electron chi connectivity index (χ4n) is 2.06. The first-order valence-corrected chi connectivity index (χ1v) is 6.15. The van der Waals surface area contributed by atoms with Crippen LogP contribution >= 0.6 is 11.6 Å². The molecule has 0 bridgehead atoms. The van der Waals surface area contributed by atoms with Crippen LogP contribution in [0.15, 0.2) is 18.2 Å². The number of ether oxygens (including phenoxy) is 1. The van der Waals surface area contributed by atoms with Crippen molar-refractivity contribution >= 4 is 11.6 Å². The number of halogens is 1. The molecule has 2 atom stereocenters. The molecule has 1 fully saturated rings. The zero-order valence-corrected chi connectivity index (χ0v) is 10.5. The monoisotopic (exact) mass is 239 g/mol. The maximum absolute atomic E-state index is 6.03. The van der Waals surface area contributed by atoms with Gasteiger partial charge in [0.05, 0.1) is 6.10 Å². The lowest BCUT2D eigenvalue weighted by atomic mass is 10.1. The Morgan fingerprint density at radius 1 is 1.50 bits per heavy atom. The van der Waals surface area contributed by atoms with Gasteiger partial charge in [0.15, 0.2) is 0 Å². The highest BCUT2D eigenvalue weighted by Crippen LogP contribution is 2.50. The first-order chi connectivity index (χ1) is 7.61. The highest BCUT2D eigenvalue weighted by molar-refractivity contribution is 6.30. The molecule has 0 radical (unpaired) electrons. The van der Waals surface area contributed by atoms with Crippen molar-refractivity contribution in [1.82, 2.24) is 0 Å². The largest absolute Gasteiger partial charge is 0.491 e. The van der Waals surface area contributed by atoms with Crippen molar-refractivity contribution in [3.63, 3.8) is 0 Å². The molecule has 0 unspecified atom stereocenters. The summed E-state index contributed by atoms with van der Waals surface area (Å²) in [6, 6.07) is 5.85. The molecule has 1 aromatic rings. The number of hydrogen-bond donors (Lipinski definition) is 1. The van der Waals surface area contributed by atoms with Gasteiger partial charge < -0.3 is 10.5 Å². The summed E-state index contributed by atoms with van der Waals surface area (Å²) < 4.78 is 5.79. The van der Waals surface area contributed by atoms with Gasteiger partial charge in [-0.25, -0.2) is 0 Å². The first kappa shape index (κ1) is 11.7. The minimum atomic E-state index is 0.190. The average Bonchev–Trinajstić information content (AvgIpc) is 2.99. The van der Waals surface area contributed by atoms with Crippen LogP contribution in [0.5, 0.6) is 5.75 Å². The van der Waals surface area contributed by atoms with Gasteiger partial charge in [-0.05, 0) is 62.4 Å². The lowest BCUT2D eigenvalue weighted by Crippen LogP contribution is -2.08. The Morgan fingerprint density at radius 3 is 2.81 bits per heavy atom. The molecule has 2 rings (SSSR count). The topological polar surface area (TPSA) is 35.2 Å². The Kier molecular flexibility index (Phi) is 3.41. The van der Waals surface area contributed by atoms with E-state index in [1.165, 1.54) is 5.56 Å². The van der Waals surface area contributed by atoms with E-state index in [-0.39, 0.29) is 6.10 Å². The summed E-state index contributed by atoms with van der Waals surface area (Å²) in [6.45, 7) is 4.82. The van der Waals surface area contributed by atoms with Crippen molar-refractivity contribution in [2.45, 2.75) is 32.3 Å². The minimum absolute atomic E-state index is 0.190. The highest BCUT2D eigenvalue weighted by Gasteiger charge is 2.38. The van der Waals surface area contributed by atoms with E-state index >= 15 is 0 Å². The van der Waals surface area contributed by atoms with Gasteiger partial charge >= 0.3 is 0 Å². The molecule has 0 heterocycles. The lowest BCUT2D eigenvalue weighted by Gasteiger charge is -2.14. The highest BCUT2D eigenvalue weighted by atomic mass is 35.5. The van der Waals surface area contributed by atoms with Crippen LogP contribution < -0.4 is 10.5 Å². The summed E-state index contributed by atoms with van der Waals surface area (Å²) in [7, 11) is 0. The fraction of sp³-hybridized carbons (Fsp3) is 0.538. The SMILES string of the molecule is CC(C)Oc1ccc(Cl)cc1[C@@H]1C[C@H]1CN.